The van der Waals surface area contributed by atoms with Crippen LogP contribution in [0.25, 0.3) is 22.2 Å². The molecule has 2 saturated heterocycles. The van der Waals surface area contributed by atoms with E-state index in [0.29, 0.717) is 10.7 Å². The van der Waals surface area contributed by atoms with Crippen LogP contribution in [0.5, 0.6) is 0 Å². The fourth-order valence-corrected chi connectivity index (χ4v) is 9.81. The standard InChI is InChI=1S/C23H26N8O12P2S/c1-7-28-21-12(22(34)29-7)27-6-31(21)13-8-2-23(8)4-40-45(37,38)42-16-9(3-39-44(35,36)43-19(23)14(13)32)41-17(15(16)33)18-10-11(30-46-18)20(24)26-5-25-10/h5-6,8-9,13-17,19,32-33H,2-4H2,1H3,(H,35,36)(H,37,38)(H2,24,25,26)(H,28,29,34)/t8-,9-,13-,14+,15-,16-,17-,19+,23-/m1/s1. The highest BCUT2D eigenvalue weighted by molar-refractivity contribution is 7.47. The van der Waals surface area contributed by atoms with Crippen LogP contribution in [0, 0.1) is 18.3 Å². The number of nitrogens with one attached hydrogen (secondary N) is 1. The first-order valence-electron chi connectivity index (χ1n) is 13.9. The predicted molar refractivity (Wildman–Crippen MR) is 153 cm³/mol. The Morgan fingerprint density at radius 1 is 1.09 bits per heavy atom. The van der Waals surface area contributed by atoms with Gasteiger partial charge in [0.2, 0.25) is 0 Å². The number of phosphoric acid groups is 2. The molecular formula is C23H26N8O12P2S. The van der Waals surface area contributed by atoms with Crippen molar-refractivity contribution in [1.29, 1.82) is 0 Å². The summed E-state index contributed by atoms with van der Waals surface area (Å²) in [5.41, 5.74) is 4.86. The zero-order chi connectivity index (χ0) is 32.3. The molecule has 4 aromatic heterocycles. The van der Waals surface area contributed by atoms with Crippen molar-refractivity contribution in [3.05, 3.63) is 33.7 Å². The van der Waals surface area contributed by atoms with E-state index in [1.807, 2.05) is 0 Å². The van der Waals surface area contributed by atoms with Gasteiger partial charge in [-0.05, 0) is 30.8 Å². The Morgan fingerprint density at radius 2 is 1.87 bits per heavy atom. The van der Waals surface area contributed by atoms with Crippen LogP contribution in [0.1, 0.15) is 29.3 Å². The molecule has 11 atom stereocenters. The molecule has 2 unspecified atom stereocenters. The zero-order valence-corrected chi connectivity index (χ0v) is 26.1. The van der Waals surface area contributed by atoms with Gasteiger partial charge in [-0.25, -0.2) is 29.1 Å². The van der Waals surface area contributed by atoms with E-state index in [-0.39, 0.29) is 34.4 Å². The summed E-state index contributed by atoms with van der Waals surface area (Å²) in [6.45, 7) is 0.295. The molecule has 2 aliphatic carbocycles. The number of imidazole rings is 1. The molecule has 23 heteroatoms. The molecule has 6 heterocycles. The lowest BCUT2D eigenvalue weighted by Crippen LogP contribution is -2.39. The van der Waals surface area contributed by atoms with E-state index in [0.717, 1.165) is 11.5 Å². The second-order valence-corrected chi connectivity index (χ2v) is 15.3. The SMILES string of the molecule is Cc1nc2c(ncn2[C@H]2[C@H](O)[C@@H]3OP(=O)(O)OC[C@H]4O[C@@H](c5snc6c(N)ncnc56)[C@H](O)[C@@H]4OP(=O)(O)OC[C@@]34C[C@H]24)c(=O)[nH]1. The summed E-state index contributed by atoms with van der Waals surface area (Å²) in [6.07, 6.45) is -5.94. The van der Waals surface area contributed by atoms with Crippen molar-refractivity contribution in [3.63, 3.8) is 0 Å². The first kappa shape index (κ1) is 30.5. The number of rotatable bonds is 2. The van der Waals surface area contributed by atoms with Crippen LogP contribution in [-0.2, 0) is 32.0 Å². The number of phosphoric ester groups is 2. The number of aliphatic hydroxyl groups excluding tert-OH is 2. The van der Waals surface area contributed by atoms with E-state index in [1.54, 1.807) is 6.92 Å². The van der Waals surface area contributed by atoms with Crippen LogP contribution < -0.4 is 11.3 Å². The van der Waals surface area contributed by atoms with Crippen LogP contribution in [0.4, 0.5) is 5.82 Å². The van der Waals surface area contributed by atoms with E-state index in [2.05, 4.69) is 29.3 Å². The number of nitrogens with two attached hydrogens (primary N) is 1. The van der Waals surface area contributed by atoms with Crippen LogP contribution in [-0.4, -0.2) is 97.6 Å². The van der Waals surface area contributed by atoms with Crippen LogP contribution in [0.15, 0.2) is 17.4 Å². The number of nitrogens with zero attached hydrogens (tertiary/aromatic N) is 6. The predicted octanol–water partition coefficient (Wildman–Crippen LogP) is -0.149. The molecule has 4 aromatic rings. The number of aromatic nitrogens is 7. The highest BCUT2D eigenvalue weighted by atomic mass is 32.1. The fourth-order valence-electron chi connectivity index (χ4n) is 6.86. The molecule has 0 bridgehead atoms. The number of fused-ring (bicyclic) bond motifs is 3. The average Bonchev–Trinajstić information content (AvgIpc) is 3.25. The van der Waals surface area contributed by atoms with Crippen molar-refractivity contribution >= 4 is 55.2 Å². The van der Waals surface area contributed by atoms with E-state index in [9.17, 15) is 33.9 Å². The number of nitrogen functional groups attached to an aromatic ring is 1. The fraction of sp³-hybridized carbons (Fsp3) is 0.565. The number of aliphatic hydroxyl groups is 2. The third kappa shape index (κ3) is 4.69. The summed E-state index contributed by atoms with van der Waals surface area (Å²) in [5, 5.41) is 22.7. The average molecular weight is 701 g/mol. The van der Waals surface area contributed by atoms with Crippen molar-refractivity contribution in [2.24, 2.45) is 11.3 Å². The van der Waals surface area contributed by atoms with Gasteiger partial charge in [0.1, 0.15) is 59.8 Å². The quantitative estimate of drug-likeness (QED) is 0.148. The van der Waals surface area contributed by atoms with Gasteiger partial charge in [0, 0.05) is 5.41 Å². The molecule has 2 saturated carbocycles. The minimum Gasteiger partial charge on any atom is -0.388 e. The van der Waals surface area contributed by atoms with Crippen LogP contribution in [0.2, 0.25) is 0 Å². The normalized spacial score (nSPS) is 41.1. The molecule has 4 aliphatic rings. The summed E-state index contributed by atoms with van der Waals surface area (Å²) in [4.78, 5) is 53.4. The summed E-state index contributed by atoms with van der Waals surface area (Å²) in [6, 6.07) is -0.867. The minimum absolute atomic E-state index is 0.0191. The second-order valence-electron chi connectivity index (χ2n) is 11.7. The highest BCUT2D eigenvalue weighted by Crippen LogP contribution is 2.72. The number of hydrogen-bond acceptors (Lipinski definition) is 17. The van der Waals surface area contributed by atoms with Crippen LogP contribution in [0.3, 0.4) is 0 Å². The lowest BCUT2D eigenvalue weighted by Gasteiger charge is -2.31. The van der Waals surface area contributed by atoms with Crippen molar-refractivity contribution in [2.75, 3.05) is 18.9 Å². The number of aryl methyl sites for hydroxylation is 1. The Hall–Kier alpha value is -2.78. The Morgan fingerprint density at radius 3 is 2.67 bits per heavy atom. The first-order valence-corrected chi connectivity index (χ1v) is 17.7. The molecule has 7 N–H and O–H groups in total. The number of aromatic amines is 1. The maximum Gasteiger partial charge on any atom is 0.472 e. The van der Waals surface area contributed by atoms with E-state index in [4.69, 9.17) is 28.6 Å². The number of ether oxygens (including phenoxy) is 1. The molecule has 20 nitrogen and oxygen atoms in total. The van der Waals surface area contributed by atoms with Crippen molar-refractivity contribution < 1.29 is 52.0 Å². The second kappa shape index (κ2) is 10.4. The zero-order valence-electron chi connectivity index (χ0n) is 23.5. The first-order chi connectivity index (χ1) is 21.8. The Kier molecular flexibility index (Phi) is 6.88. The Labute approximate surface area is 260 Å². The third-order valence-electron chi connectivity index (χ3n) is 9.00. The Bertz CT molecular complexity index is 2040. The molecule has 1 spiro atoms. The van der Waals surface area contributed by atoms with Gasteiger partial charge in [-0.3, -0.25) is 22.9 Å². The molecule has 0 aromatic carbocycles. The van der Waals surface area contributed by atoms with Crippen molar-refractivity contribution in [2.45, 2.75) is 56.0 Å². The maximum absolute atomic E-state index is 13.3. The maximum atomic E-state index is 13.3. The van der Waals surface area contributed by atoms with Gasteiger partial charge in [-0.15, -0.1) is 0 Å². The number of hydrogen-bond donors (Lipinski definition) is 6. The van der Waals surface area contributed by atoms with Gasteiger partial charge in [0.05, 0.1) is 30.5 Å². The van der Waals surface area contributed by atoms with Gasteiger partial charge in [0.25, 0.3) is 5.56 Å². The Balaban J connectivity index is 1.11. The lowest BCUT2D eigenvalue weighted by molar-refractivity contribution is -0.0592. The minimum atomic E-state index is -4.96. The molecule has 246 valence electrons. The van der Waals surface area contributed by atoms with Gasteiger partial charge >= 0.3 is 15.6 Å². The molecule has 0 radical (unpaired) electrons. The summed E-state index contributed by atoms with van der Waals surface area (Å²) < 4.78 is 59.9. The third-order valence-corrected chi connectivity index (χ3v) is 11.8. The van der Waals surface area contributed by atoms with E-state index < -0.39 is 88.4 Å². The van der Waals surface area contributed by atoms with Gasteiger partial charge in [-0.2, -0.15) is 4.37 Å². The van der Waals surface area contributed by atoms with Crippen molar-refractivity contribution in [1.82, 2.24) is 33.9 Å². The molecule has 2 aliphatic heterocycles. The largest absolute Gasteiger partial charge is 0.472 e. The summed E-state index contributed by atoms with van der Waals surface area (Å²) in [7, 11) is -9.92. The smallest absolute Gasteiger partial charge is 0.388 e. The monoisotopic (exact) mass is 700 g/mol. The van der Waals surface area contributed by atoms with E-state index >= 15 is 0 Å². The number of anilines is 1. The van der Waals surface area contributed by atoms with Gasteiger partial charge in [-0.1, -0.05) is 0 Å². The number of H-pyrrole nitrogens is 1. The summed E-state index contributed by atoms with van der Waals surface area (Å²) in [5.74, 6) is -0.138. The molecule has 46 heavy (non-hydrogen) atoms. The molecule has 0 amide bonds. The summed E-state index contributed by atoms with van der Waals surface area (Å²) >= 11 is 0.903. The van der Waals surface area contributed by atoms with E-state index in [1.165, 1.54) is 17.2 Å². The van der Waals surface area contributed by atoms with Gasteiger partial charge in [0.15, 0.2) is 17.0 Å². The topological polar surface area (TPSA) is 289 Å². The molecule has 8 rings (SSSR count). The van der Waals surface area contributed by atoms with Crippen LogP contribution >= 0.6 is 27.2 Å². The van der Waals surface area contributed by atoms with Gasteiger partial charge < -0.3 is 40.0 Å². The highest BCUT2D eigenvalue weighted by Gasteiger charge is 2.74. The lowest BCUT2D eigenvalue weighted by atomic mass is 10.0. The molecule has 4 fully saturated rings. The molecular weight excluding hydrogens is 674 g/mol. The van der Waals surface area contributed by atoms with Crippen molar-refractivity contribution in [3.8, 4) is 0 Å².